The summed E-state index contributed by atoms with van der Waals surface area (Å²) < 4.78 is 12.2. The first-order chi connectivity index (χ1) is 9.56. The first-order valence-corrected chi connectivity index (χ1v) is 6.13. The highest BCUT2D eigenvalue weighted by atomic mass is 16.7. The molecule has 2 heterocycles. The molecule has 0 bridgehead atoms. The van der Waals surface area contributed by atoms with Crippen LogP contribution in [-0.2, 0) is 6.54 Å². The summed E-state index contributed by atoms with van der Waals surface area (Å²) in [5.41, 5.74) is 2.00. The predicted molar refractivity (Wildman–Crippen MR) is 70.0 cm³/mol. The molecule has 1 aromatic carbocycles. The third-order valence-corrected chi connectivity index (χ3v) is 3.30. The van der Waals surface area contributed by atoms with Gasteiger partial charge in [-0.05, 0) is 31.5 Å². The SMILES string of the molecule is Cc1nn(Cc2ccc3c(c2)OCO3)c(C)c1[N+](=O)[O-]. The molecule has 0 unspecified atom stereocenters. The Bertz CT molecular complexity index is 693. The summed E-state index contributed by atoms with van der Waals surface area (Å²) in [6.07, 6.45) is 0. The Hall–Kier alpha value is -2.57. The van der Waals surface area contributed by atoms with Gasteiger partial charge in [0.1, 0.15) is 11.4 Å². The lowest BCUT2D eigenvalue weighted by Crippen LogP contribution is -2.04. The third-order valence-electron chi connectivity index (χ3n) is 3.30. The fraction of sp³-hybridized carbons (Fsp3) is 0.308. The second-order valence-electron chi connectivity index (χ2n) is 4.62. The van der Waals surface area contributed by atoms with Crippen molar-refractivity contribution in [1.82, 2.24) is 9.78 Å². The summed E-state index contributed by atoms with van der Waals surface area (Å²) in [7, 11) is 0. The fourth-order valence-corrected chi connectivity index (χ4v) is 2.32. The van der Waals surface area contributed by atoms with E-state index in [9.17, 15) is 10.1 Å². The molecule has 1 aliphatic heterocycles. The Kier molecular flexibility index (Phi) is 2.81. The van der Waals surface area contributed by atoms with Crippen LogP contribution in [0.5, 0.6) is 11.5 Å². The van der Waals surface area contributed by atoms with Crippen molar-refractivity contribution >= 4 is 5.69 Å². The van der Waals surface area contributed by atoms with Crippen molar-refractivity contribution in [1.29, 1.82) is 0 Å². The van der Waals surface area contributed by atoms with Gasteiger partial charge >= 0.3 is 5.69 Å². The van der Waals surface area contributed by atoms with E-state index in [-0.39, 0.29) is 12.5 Å². The van der Waals surface area contributed by atoms with Gasteiger partial charge in [0, 0.05) is 0 Å². The van der Waals surface area contributed by atoms with E-state index in [0.717, 1.165) is 5.56 Å². The van der Waals surface area contributed by atoms with E-state index in [1.807, 2.05) is 18.2 Å². The highest BCUT2D eigenvalue weighted by Gasteiger charge is 2.22. The second-order valence-corrected chi connectivity index (χ2v) is 4.62. The first kappa shape index (κ1) is 12.5. The highest BCUT2D eigenvalue weighted by Crippen LogP contribution is 2.33. The number of nitro groups is 1. The molecule has 1 aliphatic rings. The molecule has 0 saturated heterocycles. The van der Waals surface area contributed by atoms with E-state index >= 15 is 0 Å². The normalized spacial score (nSPS) is 12.7. The Morgan fingerprint density at radius 2 is 2.10 bits per heavy atom. The van der Waals surface area contributed by atoms with Crippen LogP contribution in [0, 0.1) is 24.0 Å². The molecule has 0 fully saturated rings. The Balaban J connectivity index is 1.92. The maximum Gasteiger partial charge on any atom is 0.312 e. The number of hydrogen-bond acceptors (Lipinski definition) is 5. The number of fused-ring (bicyclic) bond motifs is 1. The maximum absolute atomic E-state index is 11.0. The molecule has 0 amide bonds. The zero-order chi connectivity index (χ0) is 14.3. The van der Waals surface area contributed by atoms with Gasteiger partial charge in [-0.1, -0.05) is 6.07 Å². The molecule has 20 heavy (non-hydrogen) atoms. The molecule has 7 heteroatoms. The number of nitrogens with zero attached hydrogens (tertiary/aromatic N) is 3. The average molecular weight is 275 g/mol. The van der Waals surface area contributed by atoms with Crippen molar-refractivity contribution in [2.45, 2.75) is 20.4 Å². The highest BCUT2D eigenvalue weighted by molar-refractivity contribution is 5.45. The van der Waals surface area contributed by atoms with Crippen molar-refractivity contribution in [2.75, 3.05) is 6.79 Å². The van der Waals surface area contributed by atoms with E-state index in [0.29, 0.717) is 29.4 Å². The number of aromatic nitrogens is 2. The average Bonchev–Trinajstić information content (AvgIpc) is 2.94. The van der Waals surface area contributed by atoms with Gasteiger partial charge in [-0.3, -0.25) is 14.8 Å². The van der Waals surface area contributed by atoms with Gasteiger partial charge in [0.2, 0.25) is 6.79 Å². The zero-order valence-corrected chi connectivity index (χ0v) is 11.1. The van der Waals surface area contributed by atoms with Gasteiger partial charge in [-0.15, -0.1) is 0 Å². The maximum atomic E-state index is 11.0. The number of rotatable bonds is 3. The minimum atomic E-state index is -0.395. The lowest BCUT2D eigenvalue weighted by molar-refractivity contribution is -0.386. The van der Waals surface area contributed by atoms with Crippen LogP contribution in [0.25, 0.3) is 0 Å². The molecule has 0 spiro atoms. The number of ether oxygens (including phenoxy) is 2. The van der Waals surface area contributed by atoms with Gasteiger partial charge in [0.15, 0.2) is 11.5 Å². The van der Waals surface area contributed by atoms with E-state index < -0.39 is 4.92 Å². The third kappa shape index (κ3) is 1.97. The molecule has 0 atom stereocenters. The monoisotopic (exact) mass is 275 g/mol. The summed E-state index contributed by atoms with van der Waals surface area (Å²) in [5, 5.41) is 15.2. The molecular weight excluding hydrogens is 262 g/mol. The van der Waals surface area contributed by atoms with Crippen LogP contribution >= 0.6 is 0 Å². The summed E-state index contributed by atoms with van der Waals surface area (Å²) in [5.74, 6) is 1.41. The topological polar surface area (TPSA) is 79.4 Å². The van der Waals surface area contributed by atoms with Crippen LogP contribution in [0.4, 0.5) is 5.69 Å². The molecule has 2 aromatic rings. The van der Waals surface area contributed by atoms with Crippen LogP contribution in [0.15, 0.2) is 18.2 Å². The van der Waals surface area contributed by atoms with Crippen LogP contribution in [-0.4, -0.2) is 21.5 Å². The summed E-state index contributed by atoms with van der Waals surface area (Å²) in [6.45, 7) is 4.02. The van der Waals surface area contributed by atoms with E-state index in [1.165, 1.54) is 0 Å². The molecular formula is C13H13N3O4. The summed E-state index contributed by atoms with van der Waals surface area (Å²) in [6, 6.07) is 5.60. The molecule has 0 N–H and O–H groups in total. The largest absolute Gasteiger partial charge is 0.454 e. The van der Waals surface area contributed by atoms with E-state index in [2.05, 4.69) is 5.10 Å². The standard InChI is InChI=1S/C13H13N3O4/c1-8-13(16(17)18)9(2)15(14-8)6-10-3-4-11-12(5-10)20-7-19-11/h3-5H,6-7H2,1-2H3. The van der Waals surface area contributed by atoms with Crippen molar-refractivity contribution in [3.05, 3.63) is 45.3 Å². The Labute approximate surface area is 114 Å². The molecule has 3 rings (SSSR count). The quantitative estimate of drug-likeness (QED) is 0.633. The molecule has 0 saturated carbocycles. The Morgan fingerprint density at radius 1 is 1.35 bits per heavy atom. The summed E-state index contributed by atoms with van der Waals surface area (Å²) in [4.78, 5) is 10.6. The first-order valence-electron chi connectivity index (χ1n) is 6.13. The zero-order valence-electron chi connectivity index (χ0n) is 11.1. The summed E-state index contributed by atoms with van der Waals surface area (Å²) >= 11 is 0. The molecule has 7 nitrogen and oxygen atoms in total. The van der Waals surface area contributed by atoms with Gasteiger partial charge in [0.25, 0.3) is 0 Å². The van der Waals surface area contributed by atoms with Gasteiger partial charge in [-0.25, -0.2) is 0 Å². The van der Waals surface area contributed by atoms with Crippen LogP contribution in [0.3, 0.4) is 0 Å². The number of benzene rings is 1. The lowest BCUT2D eigenvalue weighted by Gasteiger charge is -2.05. The molecule has 1 aromatic heterocycles. The van der Waals surface area contributed by atoms with E-state index in [1.54, 1.807) is 18.5 Å². The van der Waals surface area contributed by atoms with Crippen molar-refractivity contribution < 1.29 is 14.4 Å². The fourth-order valence-electron chi connectivity index (χ4n) is 2.32. The second kappa shape index (κ2) is 4.52. The van der Waals surface area contributed by atoms with Crippen LogP contribution < -0.4 is 9.47 Å². The van der Waals surface area contributed by atoms with Gasteiger partial charge < -0.3 is 9.47 Å². The predicted octanol–water partition coefficient (Wildman–Crippen LogP) is 2.19. The smallest absolute Gasteiger partial charge is 0.312 e. The molecule has 104 valence electrons. The van der Waals surface area contributed by atoms with Crippen molar-refractivity contribution in [3.63, 3.8) is 0 Å². The van der Waals surface area contributed by atoms with Crippen molar-refractivity contribution in [3.8, 4) is 11.5 Å². The minimum absolute atomic E-state index is 0.0748. The lowest BCUT2D eigenvalue weighted by atomic mass is 10.2. The van der Waals surface area contributed by atoms with E-state index in [4.69, 9.17) is 9.47 Å². The number of hydrogen-bond donors (Lipinski definition) is 0. The minimum Gasteiger partial charge on any atom is -0.454 e. The molecule has 0 aliphatic carbocycles. The molecule has 0 radical (unpaired) electrons. The number of aryl methyl sites for hydroxylation is 1. The van der Waals surface area contributed by atoms with Crippen molar-refractivity contribution in [2.24, 2.45) is 0 Å². The Morgan fingerprint density at radius 3 is 2.80 bits per heavy atom. The van der Waals surface area contributed by atoms with Crippen LogP contribution in [0.1, 0.15) is 17.0 Å². The van der Waals surface area contributed by atoms with Gasteiger partial charge in [0.05, 0.1) is 11.5 Å². The van der Waals surface area contributed by atoms with Crippen LogP contribution in [0.2, 0.25) is 0 Å². The van der Waals surface area contributed by atoms with Gasteiger partial charge in [-0.2, -0.15) is 5.10 Å².